The molecule has 1 aliphatic rings. The molecule has 2 aromatic carbocycles. The lowest BCUT2D eigenvalue weighted by atomic mass is 9.92. The van der Waals surface area contributed by atoms with Gasteiger partial charge >= 0.3 is 0 Å². The summed E-state index contributed by atoms with van der Waals surface area (Å²) in [5.41, 5.74) is 7.95. The number of nitrogens with zero attached hydrogens (tertiary/aromatic N) is 3. The molecular weight excluding hydrogens is 354 g/mol. The van der Waals surface area contributed by atoms with Gasteiger partial charge < -0.3 is 9.80 Å². The molecule has 1 aromatic heterocycles. The van der Waals surface area contributed by atoms with Crippen LogP contribution >= 0.6 is 0 Å². The fraction of sp³-hybridized carbons (Fsp3) is 0.346. The van der Waals surface area contributed by atoms with Crippen molar-refractivity contribution >= 4 is 16.5 Å². The van der Waals surface area contributed by atoms with E-state index in [-0.39, 0.29) is 0 Å². The Bertz CT molecular complexity index is 1110. The summed E-state index contributed by atoms with van der Waals surface area (Å²) in [4.78, 5) is 4.85. The minimum atomic E-state index is 0.309. The van der Waals surface area contributed by atoms with Gasteiger partial charge in [-0.05, 0) is 75.8 Å². The van der Waals surface area contributed by atoms with Crippen LogP contribution < -0.4 is 9.47 Å². The number of fused-ring (bicyclic) bond motifs is 1. The summed E-state index contributed by atoms with van der Waals surface area (Å²) >= 11 is 0. The van der Waals surface area contributed by atoms with Crippen molar-refractivity contribution in [2.24, 2.45) is 7.05 Å². The highest BCUT2D eigenvalue weighted by Gasteiger charge is 2.29. The van der Waals surface area contributed by atoms with Gasteiger partial charge in [-0.2, -0.15) is 0 Å². The summed E-state index contributed by atoms with van der Waals surface area (Å²) in [6, 6.07) is 13.7. The van der Waals surface area contributed by atoms with E-state index in [1.807, 2.05) is 0 Å². The van der Waals surface area contributed by atoms with Gasteiger partial charge in [-0.3, -0.25) is 0 Å². The number of pyridine rings is 1. The molecule has 0 aliphatic carbocycles. The first kappa shape index (κ1) is 19.5. The standard InChI is InChI=1S/C26H32N3/c1-17(2)28-14-15-29(21(28)6)25-19(4)18(3)16-24(20(25)5)26-23-11-9-8-10-22(23)12-13-27(26)7/h8-17,21H,1-7H3/q+1/t21-/m1/s1. The molecule has 0 unspecified atom stereocenters. The van der Waals surface area contributed by atoms with E-state index in [9.17, 15) is 0 Å². The molecule has 1 atom stereocenters. The zero-order chi connectivity index (χ0) is 20.9. The third-order valence-electron chi connectivity index (χ3n) is 6.46. The van der Waals surface area contributed by atoms with Gasteiger partial charge in [0.25, 0.3) is 0 Å². The molecule has 0 N–H and O–H groups in total. The SMILES string of the molecule is Cc1cc(-c2c3ccccc3cc[n+]2C)c(C)c(N2C=CN(C(C)C)[C@H]2C)c1C. The van der Waals surface area contributed by atoms with Gasteiger partial charge in [0.15, 0.2) is 6.20 Å². The Kier molecular flexibility index (Phi) is 4.85. The number of hydrogen-bond acceptors (Lipinski definition) is 2. The van der Waals surface area contributed by atoms with Gasteiger partial charge in [-0.15, -0.1) is 0 Å². The van der Waals surface area contributed by atoms with Gasteiger partial charge in [0.1, 0.15) is 13.2 Å². The van der Waals surface area contributed by atoms with E-state index in [1.165, 1.54) is 44.4 Å². The van der Waals surface area contributed by atoms with Crippen molar-refractivity contribution in [2.75, 3.05) is 4.90 Å². The zero-order valence-electron chi connectivity index (χ0n) is 18.7. The first-order valence-corrected chi connectivity index (χ1v) is 10.5. The monoisotopic (exact) mass is 386 g/mol. The number of aromatic nitrogens is 1. The van der Waals surface area contributed by atoms with E-state index in [1.54, 1.807) is 0 Å². The third kappa shape index (κ3) is 3.09. The Morgan fingerprint density at radius 2 is 1.69 bits per heavy atom. The molecule has 0 saturated carbocycles. The number of hydrogen-bond donors (Lipinski definition) is 0. The average Bonchev–Trinajstić information content (AvgIpc) is 3.07. The van der Waals surface area contributed by atoms with E-state index >= 15 is 0 Å². The van der Waals surface area contributed by atoms with Gasteiger partial charge in [-0.25, -0.2) is 4.57 Å². The normalized spacial score (nSPS) is 16.5. The van der Waals surface area contributed by atoms with Gasteiger partial charge in [0.05, 0.1) is 10.9 Å². The summed E-state index contributed by atoms with van der Waals surface area (Å²) in [7, 11) is 2.15. The third-order valence-corrected chi connectivity index (χ3v) is 6.46. The minimum Gasteiger partial charge on any atom is -0.353 e. The maximum Gasteiger partial charge on any atom is 0.220 e. The molecule has 0 bridgehead atoms. The van der Waals surface area contributed by atoms with Crippen LogP contribution in [-0.4, -0.2) is 17.1 Å². The summed E-state index contributed by atoms with van der Waals surface area (Å²) in [5.74, 6) is 0. The Labute approximate surface area is 174 Å². The molecule has 29 heavy (non-hydrogen) atoms. The number of benzene rings is 2. The van der Waals surface area contributed by atoms with Crippen LogP contribution in [0, 0.1) is 20.8 Å². The molecule has 0 radical (unpaired) electrons. The highest BCUT2D eigenvalue weighted by Crippen LogP contribution is 2.39. The molecule has 0 saturated heterocycles. The van der Waals surface area contributed by atoms with Gasteiger partial charge in [-0.1, -0.05) is 18.2 Å². The first-order valence-electron chi connectivity index (χ1n) is 10.5. The Balaban J connectivity index is 1.96. The van der Waals surface area contributed by atoms with E-state index in [0.717, 1.165) is 0 Å². The minimum absolute atomic E-state index is 0.309. The molecule has 4 rings (SSSR count). The lowest BCUT2D eigenvalue weighted by molar-refractivity contribution is -0.659. The van der Waals surface area contributed by atoms with Crippen LogP contribution in [0.4, 0.5) is 5.69 Å². The average molecular weight is 387 g/mol. The van der Waals surface area contributed by atoms with Crippen LogP contribution in [0.1, 0.15) is 37.5 Å². The molecule has 0 spiro atoms. The lowest BCUT2D eigenvalue weighted by Gasteiger charge is -2.34. The topological polar surface area (TPSA) is 10.4 Å². The number of rotatable bonds is 3. The highest BCUT2D eigenvalue weighted by molar-refractivity contribution is 5.95. The first-order chi connectivity index (χ1) is 13.8. The van der Waals surface area contributed by atoms with E-state index < -0.39 is 0 Å². The van der Waals surface area contributed by atoms with Crippen molar-refractivity contribution in [3.8, 4) is 11.3 Å². The van der Waals surface area contributed by atoms with E-state index in [2.05, 4.69) is 118 Å². The Morgan fingerprint density at radius 1 is 0.966 bits per heavy atom. The molecule has 3 heteroatoms. The van der Waals surface area contributed by atoms with Crippen molar-refractivity contribution in [1.29, 1.82) is 0 Å². The largest absolute Gasteiger partial charge is 0.353 e. The predicted molar refractivity (Wildman–Crippen MR) is 123 cm³/mol. The van der Waals surface area contributed by atoms with Crippen molar-refractivity contribution in [3.63, 3.8) is 0 Å². The van der Waals surface area contributed by atoms with E-state index in [0.29, 0.717) is 12.2 Å². The number of aryl methyl sites for hydroxylation is 2. The molecule has 3 aromatic rings. The van der Waals surface area contributed by atoms with Crippen LogP contribution in [-0.2, 0) is 7.05 Å². The summed E-state index contributed by atoms with van der Waals surface area (Å²) < 4.78 is 2.26. The summed E-state index contributed by atoms with van der Waals surface area (Å²) in [6.45, 7) is 13.6. The highest BCUT2D eigenvalue weighted by atomic mass is 15.4. The second kappa shape index (κ2) is 7.22. The van der Waals surface area contributed by atoms with Crippen LogP contribution in [0.2, 0.25) is 0 Å². The molecule has 150 valence electrons. The van der Waals surface area contributed by atoms with Crippen LogP contribution in [0.5, 0.6) is 0 Å². The fourth-order valence-corrected chi connectivity index (χ4v) is 4.72. The van der Waals surface area contributed by atoms with Crippen molar-refractivity contribution in [2.45, 2.75) is 53.8 Å². The lowest BCUT2D eigenvalue weighted by Crippen LogP contribution is -2.40. The van der Waals surface area contributed by atoms with Gasteiger partial charge in [0, 0.05) is 30.2 Å². The maximum absolute atomic E-state index is 2.44. The second-order valence-electron chi connectivity index (χ2n) is 8.58. The molecule has 1 aliphatic heterocycles. The van der Waals surface area contributed by atoms with Crippen LogP contribution in [0.25, 0.3) is 22.0 Å². The maximum atomic E-state index is 2.44. The smallest absolute Gasteiger partial charge is 0.220 e. The molecule has 2 heterocycles. The molecule has 3 nitrogen and oxygen atoms in total. The zero-order valence-corrected chi connectivity index (χ0v) is 18.7. The van der Waals surface area contributed by atoms with Crippen molar-refractivity contribution in [3.05, 3.63) is 71.7 Å². The summed E-state index contributed by atoms with van der Waals surface area (Å²) in [6.07, 6.45) is 6.95. The molecule has 0 fully saturated rings. The van der Waals surface area contributed by atoms with Crippen LogP contribution in [0.3, 0.4) is 0 Å². The van der Waals surface area contributed by atoms with E-state index in [4.69, 9.17) is 0 Å². The number of anilines is 1. The van der Waals surface area contributed by atoms with Gasteiger partial charge in [0.2, 0.25) is 5.69 Å². The Hall–Kier alpha value is -2.81. The second-order valence-corrected chi connectivity index (χ2v) is 8.58. The summed E-state index contributed by atoms with van der Waals surface area (Å²) in [5, 5.41) is 2.57. The molecule has 0 amide bonds. The van der Waals surface area contributed by atoms with Crippen LogP contribution in [0.15, 0.2) is 55.0 Å². The quantitative estimate of drug-likeness (QED) is 0.542. The predicted octanol–water partition coefficient (Wildman–Crippen LogP) is 5.60. The fourth-order valence-electron chi connectivity index (χ4n) is 4.72. The molecular formula is C26H32N3+. The van der Waals surface area contributed by atoms with Crippen molar-refractivity contribution in [1.82, 2.24) is 4.90 Å². The Morgan fingerprint density at radius 3 is 2.38 bits per heavy atom. The van der Waals surface area contributed by atoms with Crippen molar-refractivity contribution < 1.29 is 4.57 Å².